The van der Waals surface area contributed by atoms with Gasteiger partial charge in [-0.15, -0.1) is 0 Å². The summed E-state index contributed by atoms with van der Waals surface area (Å²) in [7, 11) is 0. The van der Waals surface area contributed by atoms with Crippen LogP contribution in [0.4, 0.5) is 0 Å². The molecule has 0 aromatic heterocycles. The SMILES string of the molecule is CCOC(=O)[C@H](CC1CCCC1)c1cccc(Cl)c1. The molecule has 2 nitrogen and oxygen atoms in total. The van der Waals surface area contributed by atoms with Gasteiger partial charge < -0.3 is 4.74 Å². The Morgan fingerprint density at radius 2 is 2.16 bits per heavy atom. The molecule has 3 heteroatoms. The van der Waals surface area contributed by atoms with Crippen LogP contribution in [0.3, 0.4) is 0 Å². The zero-order valence-corrected chi connectivity index (χ0v) is 12.2. The molecule has 1 aliphatic rings. The van der Waals surface area contributed by atoms with E-state index in [0.29, 0.717) is 17.5 Å². The molecule has 0 bridgehead atoms. The summed E-state index contributed by atoms with van der Waals surface area (Å²) in [6.45, 7) is 2.28. The molecule has 0 aliphatic heterocycles. The third-order valence-corrected chi connectivity index (χ3v) is 4.10. The van der Waals surface area contributed by atoms with Crippen LogP contribution in [0.25, 0.3) is 0 Å². The number of halogens is 1. The number of carbonyl (C=O) groups excluding carboxylic acids is 1. The number of benzene rings is 1. The van der Waals surface area contributed by atoms with Crippen LogP contribution >= 0.6 is 11.6 Å². The van der Waals surface area contributed by atoms with Gasteiger partial charge in [0.25, 0.3) is 0 Å². The maximum absolute atomic E-state index is 12.2. The second-order valence-corrected chi connectivity index (χ2v) is 5.68. The van der Waals surface area contributed by atoms with Gasteiger partial charge in [-0.3, -0.25) is 4.79 Å². The molecule has 0 radical (unpaired) electrons. The van der Waals surface area contributed by atoms with Gasteiger partial charge in [-0.2, -0.15) is 0 Å². The maximum Gasteiger partial charge on any atom is 0.313 e. The van der Waals surface area contributed by atoms with Gasteiger partial charge in [-0.05, 0) is 37.0 Å². The molecule has 19 heavy (non-hydrogen) atoms. The normalized spacial score (nSPS) is 17.4. The third-order valence-electron chi connectivity index (χ3n) is 3.87. The Balaban J connectivity index is 2.15. The molecular formula is C16H21ClO2. The average Bonchev–Trinajstić information content (AvgIpc) is 2.89. The Kier molecular flexibility index (Phi) is 5.26. The van der Waals surface area contributed by atoms with E-state index in [2.05, 4.69) is 0 Å². The van der Waals surface area contributed by atoms with Gasteiger partial charge in [0.05, 0.1) is 12.5 Å². The lowest BCUT2D eigenvalue weighted by Gasteiger charge is -2.19. The molecule has 1 aromatic carbocycles. The number of carbonyl (C=O) groups is 1. The fourth-order valence-corrected chi connectivity index (χ4v) is 3.11. The highest BCUT2D eigenvalue weighted by atomic mass is 35.5. The summed E-state index contributed by atoms with van der Waals surface area (Å²) in [5, 5.41) is 0.679. The molecule has 104 valence electrons. The quantitative estimate of drug-likeness (QED) is 0.739. The Morgan fingerprint density at radius 1 is 1.42 bits per heavy atom. The molecule has 1 aromatic rings. The number of hydrogen-bond donors (Lipinski definition) is 0. The van der Waals surface area contributed by atoms with Crippen molar-refractivity contribution in [2.24, 2.45) is 5.92 Å². The zero-order chi connectivity index (χ0) is 13.7. The van der Waals surface area contributed by atoms with Crippen LogP contribution in [-0.4, -0.2) is 12.6 Å². The highest BCUT2D eigenvalue weighted by Gasteiger charge is 2.27. The van der Waals surface area contributed by atoms with Gasteiger partial charge in [-0.1, -0.05) is 49.4 Å². The van der Waals surface area contributed by atoms with Crippen molar-refractivity contribution in [1.29, 1.82) is 0 Å². The van der Waals surface area contributed by atoms with Crippen LogP contribution in [0, 0.1) is 5.92 Å². The van der Waals surface area contributed by atoms with E-state index in [0.717, 1.165) is 12.0 Å². The van der Waals surface area contributed by atoms with Crippen LogP contribution in [-0.2, 0) is 9.53 Å². The lowest BCUT2D eigenvalue weighted by Crippen LogP contribution is -2.18. The van der Waals surface area contributed by atoms with Gasteiger partial charge in [-0.25, -0.2) is 0 Å². The second-order valence-electron chi connectivity index (χ2n) is 5.25. The fraction of sp³-hybridized carbons (Fsp3) is 0.562. The first-order valence-corrected chi connectivity index (χ1v) is 7.50. The number of ether oxygens (including phenoxy) is 1. The lowest BCUT2D eigenvalue weighted by atomic mass is 9.88. The number of esters is 1. The molecule has 2 rings (SSSR count). The van der Waals surface area contributed by atoms with Crippen LogP contribution in [0.5, 0.6) is 0 Å². The van der Waals surface area contributed by atoms with Crippen LogP contribution in [0.2, 0.25) is 5.02 Å². The molecule has 1 aliphatic carbocycles. The average molecular weight is 281 g/mol. The summed E-state index contributed by atoms with van der Waals surface area (Å²) < 4.78 is 5.23. The summed E-state index contributed by atoms with van der Waals surface area (Å²) in [6, 6.07) is 7.60. The van der Waals surface area contributed by atoms with E-state index in [1.807, 2.05) is 31.2 Å². The molecule has 1 atom stereocenters. The first kappa shape index (κ1) is 14.4. The molecule has 0 amide bonds. The molecule has 0 spiro atoms. The van der Waals surface area contributed by atoms with E-state index in [9.17, 15) is 4.79 Å². The van der Waals surface area contributed by atoms with Crippen molar-refractivity contribution in [3.05, 3.63) is 34.9 Å². The van der Waals surface area contributed by atoms with E-state index in [1.165, 1.54) is 25.7 Å². The Hall–Kier alpha value is -1.02. The van der Waals surface area contributed by atoms with Gasteiger partial charge in [0, 0.05) is 5.02 Å². The van der Waals surface area contributed by atoms with E-state index < -0.39 is 0 Å². The van der Waals surface area contributed by atoms with E-state index in [-0.39, 0.29) is 11.9 Å². The summed E-state index contributed by atoms with van der Waals surface area (Å²) in [6.07, 6.45) is 5.93. The van der Waals surface area contributed by atoms with E-state index in [4.69, 9.17) is 16.3 Å². The largest absolute Gasteiger partial charge is 0.466 e. The molecule has 1 fully saturated rings. The standard InChI is InChI=1S/C16H21ClO2/c1-2-19-16(18)15(10-12-6-3-4-7-12)13-8-5-9-14(17)11-13/h5,8-9,11-12,15H,2-4,6-7,10H2,1H3/t15-/m1/s1. The summed E-state index contributed by atoms with van der Waals surface area (Å²) in [5.74, 6) is 0.367. The van der Waals surface area contributed by atoms with Crippen molar-refractivity contribution in [2.75, 3.05) is 6.61 Å². The Bertz CT molecular complexity index is 425. The maximum atomic E-state index is 12.2. The fourth-order valence-electron chi connectivity index (χ4n) is 2.91. The monoisotopic (exact) mass is 280 g/mol. The highest BCUT2D eigenvalue weighted by Crippen LogP contribution is 2.35. The van der Waals surface area contributed by atoms with Crippen molar-refractivity contribution in [2.45, 2.75) is 44.9 Å². The first-order chi connectivity index (χ1) is 9.20. The predicted octanol–water partition coefficient (Wildman–Crippen LogP) is 4.57. The van der Waals surface area contributed by atoms with Crippen molar-refractivity contribution < 1.29 is 9.53 Å². The molecule has 0 heterocycles. The van der Waals surface area contributed by atoms with Crippen molar-refractivity contribution >= 4 is 17.6 Å². The van der Waals surface area contributed by atoms with Gasteiger partial charge in [0.2, 0.25) is 0 Å². The summed E-state index contributed by atoms with van der Waals surface area (Å²) >= 11 is 6.04. The summed E-state index contributed by atoms with van der Waals surface area (Å²) in [4.78, 5) is 12.2. The van der Waals surface area contributed by atoms with E-state index in [1.54, 1.807) is 0 Å². The predicted molar refractivity (Wildman–Crippen MR) is 77.4 cm³/mol. The minimum absolute atomic E-state index is 0.114. The molecule has 0 unspecified atom stereocenters. The smallest absolute Gasteiger partial charge is 0.313 e. The van der Waals surface area contributed by atoms with Crippen LogP contribution in [0.1, 0.15) is 50.5 Å². The Labute approximate surface area is 120 Å². The third kappa shape index (κ3) is 3.97. The van der Waals surface area contributed by atoms with Gasteiger partial charge >= 0.3 is 5.97 Å². The molecule has 0 saturated heterocycles. The first-order valence-electron chi connectivity index (χ1n) is 7.12. The minimum Gasteiger partial charge on any atom is -0.466 e. The van der Waals surface area contributed by atoms with Crippen molar-refractivity contribution in [1.82, 2.24) is 0 Å². The topological polar surface area (TPSA) is 26.3 Å². The van der Waals surface area contributed by atoms with Gasteiger partial charge in [0.15, 0.2) is 0 Å². The molecule has 1 saturated carbocycles. The van der Waals surface area contributed by atoms with Crippen molar-refractivity contribution in [3.8, 4) is 0 Å². The zero-order valence-electron chi connectivity index (χ0n) is 11.4. The number of hydrogen-bond acceptors (Lipinski definition) is 2. The van der Waals surface area contributed by atoms with Crippen LogP contribution in [0.15, 0.2) is 24.3 Å². The lowest BCUT2D eigenvalue weighted by molar-refractivity contribution is -0.145. The van der Waals surface area contributed by atoms with Gasteiger partial charge in [0.1, 0.15) is 0 Å². The highest BCUT2D eigenvalue weighted by molar-refractivity contribution is 6.30. The van der Waals surface area contributed by atoms with E-state index >= 15 is 0 Å². The second kappa shape index (κ2) is 6.95. The summed E-state index contributed by atoms with van der Waals surface area (Å²) in [5.41, 5.74) is 0.984. The number of rotatable bonds is 5. The van der Waals surface area contributed by atoms with Crippen LogP contribution < -0.4 is 0 Å². The van der Waals surface area contributed by atoms with Crippen molar-refractivity contribution in [3.63, 3.8) is 0 Å². The molecular weight excluding hydrogens is 260 g/mol. The molecule has 0 N–H and O–H groups in total. The minimum atomic E-state index is -0.165. The Morgan fingerprint density at radius 3 is 2.79 bits per heavy atom.